The maximum Gasteiger partial charge on any atom is 0.146 e. The number of para-hydroxylation sites is 1. The molecular formula is C11H15FN2. The second-order valence-electron chi connectivity index (χ2n) is 3.73. The van der Waals surface area contributed by atoms with Gasteiger partial charge in [-0.05, 0) is 37.4 Å². The molecular weight excluding hydrogens is 179 g/mol. The van der Waals surface area contributed by atoms with Crippen molar-refractivity contribution < 1.29 is 4.39 Å². The fraction of sp³-hybridized carbons (Fsp3) is 0.455. The Morgan fingerprint density at radius 1 is 1.50 bits per heavy atom. The van der Waals surface area contributed by atoms with E-state index in [0.29, 0.717) is 18.3 Å². The zero-order valence-electron chi connectivity index (χ0n) is 8.09. The van der Waals surface area contributed by atoms with Gasteiger partial charge in [-0.25, -0.2) is 4.39 Å². The topological polar surface area (TPSA) is 38.0 Å². The van der Waals surface area contributed by atoms with Crippen LogP contribution in [0.15, 0.2) is 18.2 Å². The minimum absolute atomic E-state index is 0.149. The summed E-state index contributed by atoms with van der Waals surface area (Å²) in [6.45, 7) is 0.654. The third-order valence-corrected chi connectivity index (χ3v) is 2.73. The molecule has 0 aromatic heterocycles. The molecule has 76 valence electrons. The van der Waals surface area contributed by atoms with Crippen LogP contribution in [0.25, 0.3) is 0 Å². The van der Waals surface area contributed by atoms with E-state index in [-0.39, 0.29) is 5.82 Å². The van der Waals surface area contributed by atoms with Crippen molar-refractivity contribution in [2.45, 2.75) is 25.3 Å². The summed E-state index contributed by atoms with van der Waals surface area (Å²) in [5.41, 5.74) is 7.24. The Morgan fingerprint density at radius 2 is 2.36 bits per heavy atom. The van der Waals surface area contributed by atoms with Gasteiger partial charge in [0.25, 0.3) is 0 Å². The third kappa shape index (κ3) is 1.73. The summed E-state index contributed by atoms with van der Waals surface area (Å²) in [6, 6.07) is 5.57. The number of fused-ring (bicyclic) bond motifs is 1. The van der Waals surface area contributed by atoms with E-state index >= 15 is 0 Å². The van der Waals surface area contributed by atoms with E-state index in [2.05, 4.69) is 5.32 Å². The molecule has 0 radical (unpaired) electrons. The van der Waals surface area contributed by atoms with E-state index in [1.807, 2.05) is 6.07 Å². The van der Waals surface area contributed by atoms with Crippen molar-refractivity contribution in [3.8, 4) is 0 Å². The van der Waals surface area contributed by atoms with Crippen molar-refractivity contribution in [1.82, 2.24) is 0 Å². The fourth-order valence-corrected chi connectivity index (χ4v) is 1.96. The molecule has 0 spiro atoms. The van der Waals surface area contributed by atoms with Crippen LogP contribution in [0.4, 0.5) is 10.1 Å². The lowest BCUT2D eigenvalue weighted by molar-refractivity contribution is 0.569. The average Bonchev–Trinajstić information content (AvgIpc) is 2.20. The SMILES string of the molecule is NCCC1CCc2cccc(F)c2N1. The van der Waals surface area contributed by atoms with E-state index in [0.717, 1.165) is 24.8 Å². The molecule has 0 saturated heterocycles. The van der Waals surface area contributed by atoms with Crippen molar-refractivity contribution in [2.75, 3.05) is 11.9 Å². The standard InChI is InChI=1S/C11H15FN2/c12-10-3-1-2-8-4-5-9(6-7-13)14-11(8)10/h1-3,9,14H,4-7,13H2. The van der Waals surface area contributed by atoms with Gasteiger partial charge in [-0.1, -0.05) is 12.1 Å². The van der Waals surface area contributed by atoms with E-state index in [9.17, 15) is 4.39 Å². The minimum atomic E-state index is -0.149. The normalized spacial score (nSPS) is 20.0. The Kier molecular flexibility index (Phi) is 2.68. The number of benzene rings is 1. The predicted octanol–water partition coefficient (Wildman–Crippen LogP) is 1.90. The van der Waals surface area contributed by atoms with Gasteiger partial charge >= 0.3 is 0 Å². The lowest BCUT2D eigenvalue weighted by Gasteiger charge is -2.26. The molecule has 0 saturated carbocycles. The van der Waals surface area contributed by atoms with E-state index in [1.165, 1.54) is 6.07 Å². The molecule has 1 heterocycles. The van der Waals surface area contributed by atoms with Crippen LogP contribution in [0, 0.1) is 5.82 Å². The molecule has 0 amide bonds. The molecule has 1 atom stereocenters. The largest absolute Gasteiger partial charge is 0.380 e. The van der Waals surface area contributed by atoms with Gasteiger partial charge in [0.1, 0.15) is 5.82 Å². The van der Waals surface area contributed by atoms with Gasteiger partial charge in [-0.3, -0.25) is 0 Å². The zero-order valence-corrected chi connectivity index (χ0v) is 8.09. The highest BCUT2D eigenvalue weighted by Crippen LogP contribution is 2.28. The number of hydrogen-bond acceptors (Lipinski definition) is 2. The van der Waals surface area contributed by atoms with Crippen LogP contribution in [0.1, 0.15) is 18.4 Å². The summed E-state index contributed by atoms with van der Waals surface area (Å²) in [5, 5.41) is 3.21. The molecule has 3 heteroatoms. The van der Waals surface area contributed by atoms with Gasteiger partial charge in [0.15, 0.2) is 0 Å². The predicted molar refractivity (Wildman–Crippen MR) is 55.8 cm³/mol. The molecule has 1 aliphatic rings. The number of rotatable bonds is 2. The zero-order chi connectivity index (χ0) is 9.97. The lowest BCUT2D eigenvalue weighted by Crippen LogP contribution is -2.28. The van der Waals surface area contributed by atoms with Gasteiger partial charge in [0.05, 0.1) is 5.69 Å². The summed E-state index contributed by atoms with van der Waals surface area (Å²) < 4.78 is 13.4. The summed E-state index contributed by atoms with van der Waals surface area (Å²) in [6.07, 6.45) is 2.91. The highest BCUT2D eigenvalue weighted by molar-refractivity contribution is 5.54. The first-order chi connectivity index (χ1) is 6.81. The number of hydrogen-bond donors (Lipinski definition) is 2. The van der Waals surface area contributed by atoms with Gasteiger partial charge in [-0.2, -0.15) is 0 Å². The smallest absolute Gasteiger partial charge is 0.146 e. The molecule has 1 aromatic rings. The Morgan fingerprint density at radius 3 is 3.14 bits per heavy atom. The van der Waals surface area contributed by atoms with Crippen LogP contribution in [0.5, 0.6) is 0 Å². The summed E-state index contributed by atoms with van der Waals surface area (Å²) in [5.74, 6) is -0.149. The molecule has 3 N–H and O–H groups in total. The number of anilines is 1. The van der Waals surface area contributed by atoms with Crippen molar-refractivity contribution in [1.29, 1.82) is 0 Å². The Balaban J connectivity index is 2.20. The molecule has 1 unspecified atom stereocenters. The number of nitrogens with one attached hydrogen (secondary N) is 1. The number of nitrogens with two attached hydrogens (primary N) is 1. The molecule has 14 heavy (non-hydrogen) atoms. The third-order valence-electron chi connectivity index (χ3n) is 2.73. The van der Waals surface area contributed by atoms with Crippen LogP contribution in [-0.2, 0) is 6.42 Å². The highest BCUT2D eigenvalue weighted by atomic mass is 19.1. The highest BCUT2D eigenvalue weighted by Gasteiger charge is 2.19. The summed E-state index contributed by atoms with van der Waals surface area (Å²) in [4.78, 5) is 0. The van der Waals surface area contributed by atoms with Crippen molar-refractivity contribution in [2.24, 2.45) is 5.73 Å². The first-order valence-electron chi connectivity index (χ1n) is 5.05. The van der Waals surface area contributed by atoms with Crippen LogP contribution < -0.4 is 11.1 Å². The summed E-state index contributed by atoms with van der Waals surface area (Å²) in [7, 11) is 0. The summed E-state index contributed by atoms with van der Waals surface area (Å²) >= 11 is 0. The van der Waals surface area contributed by atoms with Gasteiger partial charge in [0.2, 0.25) is 0 Å². The quantitative estimate of drug-likeness (QED) is 0.754. The van der Waals surface area contributed by atoms with E-state index in [1.54, 1.807) is 6.07 Å². The van der Waals surface area contributed by atoms with Crippen molar-refractivity contribution >= 4 is 5.69 Å². The Labute approximate surface area is 83.3 Å². The fourth-order valence-electron chi connectivity index (χ4n) is 1.96. The molecule has 0 fully saturated rings. The molecule has 2 rings (SSSR count). The maximum atomic E-state index is 13.4. The maximum absolute atomic E-state index is 13.4. The molecule has 2 nitrogen and oxygen atoms in total. The van der Waals surface area contributed by atoms with Gasteiger partial charge in [0, 0.05) is 6.04 Å². The van der Waals surface area contributed by atoms with Crippen LogP contribution in [0.2, 0.25) is 0 Å². The second-order valence-corrected chi connectivity index (χ2v) is 3.73. The van der Waals surface area contributed by atoms with Crippen molar-refractivity contribution in [3.05, 3.63) is 29.6 Å². The van der Waals surface area contributed by atoms with E-state index in [4.69, 9.17) is 5.73 Å². The Bertz CT molecular complexity index is 325. The van der Waals surface area contributed by atoms with Crippen molar-refractivity contribution in [3.63, 3.8) is 0 Å². The molecule has 0 aliphatic carbocycles. The number of halogens is 1. The minimum Gasteiger partial charge on any atom is -0.380 e. The van der Waals surface area contributed by atoms with Gasteiger partial charge < -0.3 is 11.1 Å². The molecule has 1 aromatic carbocycles. The second kappa shape index (κ2) is 3.96. The van der Waals surface area contributed by atoms with Crippen LogP contribution in [0.3, 0.4) is 0 Å². The first kappa shape index (κ1) is 9.46. The molecule has 0 bridgehead atoms. The van der Waals surface area contributed by atoms with Gasteiger partial charge in [-0.15, -0.1) is 0 Å². The van der Waals surface area contributed by atoms with E-state index < -0.39 is 0 Å². The number of aryl methyl sites for hydroxylation is 1. The first-order valence-corrected chi connectivity index (χ1v) is 5.05. The molecule has 1 aliphatic heterocycles. The Hall–Kier alpha value is -1.09. The van der Waals surface area contributed by atoms with Crippen LogP contribution >= 0.6 is 0 Å². The van der Waals surface area contributed by atoms with Crippen LogP contribution in [-0.4, -0.2) is 12.6 Å². The monoisotopic (exact) mass is 194 g/mol. The lowest BCUT2D eigenvalue weighted by atomic mass is 9.96. The average molecular weight is 194 g/mol.